The van der Waals surface area contributed by atoms with Crippen molar-refractivity contribution in [1.29, 1.82) is 0 Å². The molecule has 0 aliphatic carbocycles. The van der Waals surface area contributed by atoms with Gasteiger partial charge in [0.05, 0.1) is 11.0 Å². The van der Waals surface area contributed by atoms with E-state index in [0.717, 1.165) is 22.6 Å². The van der Waals surface area contributed by atoms with E-state index in [0.29, 0.717) is 0 Å². The Bertz CT molecular complexity index is 2760. The highest BCUT2D eigenvalue weighted by Gasteiger charge is 2.13. The van der Waals surface area contributed by atoms with E-state index in [2.05, 4.69) is 242 Å². The van der Waals surface area contributed by atoms with Gasteiger partial charge in [0.25, 0.3) is 0 Å². The quantitative estimate of drug-likeness (QED) is 0.135. The fraction of sp³-hybridized carbons (Fsp3) is 0.0370. The van der Waals surface area contributed by atoms with Gasteiger partial charge >= 0.3 is 0 Å². The summed E-state index contributed by atoms with van der Waals surface area (Å²) >= 11 is 0. The predicted octanol–water partition coefficient (Wildman–Crippen LogP) is 14.9. The van der Waals surface area contributed by atoms with Gasteiger partial charge in [-0.15, -0.1) is 0 Å². The summed E-state index contributed by atoms with van der Waals surface area (Å²) in [4.78, 5) is 2.31. The molecule has 2 nitrogen and oxygen atoms in total. The largest absolute Gasteiger partial charge is 0.311 e. The highest BCUT2D eigenvalue weighted by molar-refractivity contribution is 6.10. The number of para-hydroxylation sites is 2. The lowest BCUT2D eigenvalue weighted by atomic mass is 10.0. The maximum atomic E-state index is 2.35. The van der Waals surface area contributed by atoms with Crippen molar-refractivity contribution in [2.45, 2.75) is 13.8 Å². The molecule has 0 saturated heterocycles. The minimum Gasteiger partial charge on any atom is -0.311 e. The topological polar surface area (TPSA) is 8.17 Å². The third-order valence-corrected chi connectivity index (χ3v) is 10.5. The highest BCUT2D eigenvalue weighted by Crippen LogP contribution is 2.36. The van der Waals surface area contributed by atoms with Crippen LogP contribution in [-0.4, -0.2) is 4.57 Å². The van der Waals surface area contributed by atoms with Gasteiger partial charge in [0.1, 0.15) is 0 Å². The van der Waals surface area contributed by atoms with Crippen molar-refractivity contribution in [2.75, 3.05) is 4.90 Å². The van der Waals surface area contributed by atoms with Crippen LogP contribution in [-0.2, 0) is 0 Å². The molecule has 268 valence electrons. The molecule has 0 spiro atoms. The number of rotatable bonds is 9. The van der Waals surface area contributed by atoms with Crippen LogP contribution in [0.5, 0.6) is 0 Å². The fourth-order valence-corrected chi connectivity index (χ4v) is 7.48. The zero-order chi connectivity index (χ0) is 37.8. The molecule has 0 aliphatic heterocycles. The SMILES string of the molecule is Cc1ccc(N(c2ccc(C)cc2)c2ccc(/C=C/c3ccc(-c4ccc(/C=C/c5ccc6c(c5)c5ccccc5n6-c5ccccc5)cc4)cc3)cc2)cc1. The van der Waals surface area contributed by atoms with Crippen molar-refractivity contribution in [3.8, 4) is 16.8 Å². The Hall–Kier alpha value is -7.16. The standard InChI is InChI=1S/C54H42N2/c1-39-12-31-48(32-13-39)55(49-33-14-40(2)15-34-49)50-35-24-43(25-36-50)17-16-41-20-27-45(28-21-41)46-29-22-42(23-30-46)18-19-44-26-37-54-52(38-44)51-10-6-7-11-53(51)56(54)47-8-4-3-5-9-47/h3-38H,1-2H3/b17-16+,19-18+. The van der Waals surface area contributed by atoms with Gasteiger partial charge in [-0.05, 0) is 114 Å². The van der Waals surface area contributed by atoms with E-state index in [1.54, 1.807) is 0 Å². The molecule has 0 fully saturated rings. The summed E-state index contributed by atoms with van der Waals surface area (Å²) in [5, 5.41) is 2.53. The van der Waals surface area contributed by atoms with Gasteiger partial charge < -0.3 is 9.47 Å². The first-order valence-electron chi connectivity index (χ1n) is 19.2. The second-order valence-corrected chi connectivity index (χ2v) is 14.5. The maximum Gasteiger partial charge on any atom is 0.0541 e. The smallest absolute Gasteiger partial charge is 0.0541 e. The number of nitrogens with zero attached hydrogens (tertiary/aromatic N) is 2. The van der Waals surface area contributed by atoms with E-state index >= 15 is 0 Å². The fourth-order valence-electron chi connectivity index (χ4n) is 7.48. The Morgan fingerprint density at radius 2 is 0.768 bits per heavy atom. The minimum atomic E-state index is 1.13. The van der Waals surface area contributed by atoms with Crippen LogP contribution < -0.4 is 4.90 Å². The molecule has 56 heavy (non-hydrogen) atoms. The van der Waals surface area contributed by atoms with Crippen LogP contribution in [0.15, 0.2) is 194 Å². The van der Waals surface area contributed by atoms with Gasteiger partial charge in [0.15, 0.2) is 0 Å². The number of fused-ring (bicyclic) bond motifs is 3. The molecule has 0 radical (unpaired) electrons. The Kier molecular flexibility index (Phi) is 9.45. The number of aromatic nitrogens is 1. The molecule has 0 atom stereocenters. The van der Waals surface area contributed by atoms with Crippen molar-refractivity contribution < 1.29 is 0 Å². The van der Waals surface area contributed by atoms with Gasteiger partial charge in [0, 0.05) is 33.5 Å². The minimum absolute atomic E-state index is 1.13. The lowest BCUT2D eigenvalue weighted by molar-refractivity contribution is 1.18. The Balaban J connectivity index is 0.877. The van der Waals surface area contributed by atoms with E-state index in [1.165, 1.54) is 66.4 Å². The summed E-state index contributed by atoms with van der Waals surface area (Å²) in [7, 11) is 0. The molecule has 0 amide bonds. The number of benzene rings is 8. The van der Waals surface area contributed by atoms with Crippen LogP contribution in [0.25, 0.3) is 62.9 Å². The van der Waals surface area contributed by atoms with Crippen molar-refractivity contribution in [1.82, 2.24) is 4.57 Å². The Morgan fingerprint density at radius 1 is 0.357 bits per heavy atom. The van der Waals surface area contributed by atoms with E-state index in [1.807, 2.05) is 0 Å². The molecule has 8 aromatic carbocycles. The van der Waals surface area contributed by atoms with Crippen molar-refractivity contribution >= 4 is 63.2 Å². The molecule has 1 heterocycles. The number of hydrogen-bond acceptors (Lipinski definition) is 1. The number of hydrogen-bond donors (Lipinski definition) is 0. The molecule has 0 unspecified atom stereocenters. The third-order valence-electron chi connectivity index (χ3n) is 10.5. The lowest BCUT2D eigenvalue weighted by Gasteiger charge is -2.25. The molecular formula is C54H42N2. The zero-order valence-electron chi connectivity index (χ0n) is 31.7. The van der Waals surface area contributed by atoms with Crippen LogP contribution in [0.2, 0.25) is 0 Å². The Morgan fingerprint density at radius 3 is 1.30 bits per heavy atom. The monoisotopic (exact) mass is 718 g/mol. The van der Waals surface area contributed by atoms with E-state index < -0.39 is 0 Å². The third kappa shape index (κ3) is 7.21. The molecule has 0 N–H and O–H groups in total. The zero-order valence-corrected chi connectivity index (χ0v) is 31.7. The van der Waals surface area contributed by atoms with E-state index in [4.69, 9.17) is 0 Å². The molecule has 0 bridgehead atoms. The van der Waals surface area contributed by atoms with Gasteiger partial charge in [-0.1, -0.05) is 163 Å². The molecule has 9 aromatic rings. The normalized spacial score (nSPS) is 11.6. The highest BCUT2D eigenvalue weighted by atomic mass is 15.1. The van der Waals surface area contributed by atoms with Crippen molar-refractivity contribution in [2.24, 2.45) is 0 Å². The summed E-state index contributed by atoms with van der Waals surface area (Å²) < 4.78 is 2.35. The van der Waals surface area contributed by atoms with Crippen LogP contribution in [0.4, 0.5) is 17.1 Å². The molecule has 2 heteroatoms. The molecule has 1 aromatic heterocycles. The second-order valence-electron chi connectivity index (χ2n) is 14.5. The molecule has 0 aliphatic rings. The molecule has 9 rings (SSSR count). The summed E-state index contributed by atoms with van der Waals surface area (Å²) in [6, 6.07) is 69.8. The van der Waals surface area contributed by atoms with E-state index in [9.17, 15) is 0 Å². The van der Waals surface area contributed by atoms with Crippen LogP contribution in [0.1, 0.15) is 33.4 Å². The lowest BCUT2D eigenvalue weighted by Crippen LogP contribution is -2.09. The molecular weight excluding hydrogens is 677 g/mol. The van der Waals surface area contributed by atoms with Crippen molar-refractivity contribution in [3.63, 3.8) is 0 Å². The summed E-state index contributed by atoms with van der Waals surface area (Å²) in [5.41, 5.74) is 16.6. The average Bonchev–Trinajstić information content (AvgIpc) is 3.58. The molecule has 0 saturated carbocycles. The van der Waals surface area contributed by atoms with Crippen LogP contribution in [0.3, 0.4) is 0 Å². The first-order chi connectivity index (χ1) is 27.6. The maximum absolute atomic E-state index is 2.35. The van der Waals surface area contributed by atoms with Crippen LogP contribution >= 0.6 is 0 Å². The van der Waals surface area contributed by atoms with E-state index in [-0.39, 0.29) is 0 Å². The summed E-state index contributed by atoms with van der Waals surface area (Å²) in [6.07, 6.45) is 8.77. The van der Waals surface area contributed by atoms with Gasteiger partial charge in [-0.25, -0.2) is 0 Å². The second kappa shape index (κ2) is 15.3. The summed E-state index contributed by atoms with van der Waals surface area (Å²) in [5.74, 6) is 0. The van der Waals surface area contributed by atoms with Gasteiger partial charge in [-0.2, -0.15) is 0 Å². The van der Waals surface area contributed by atoms with Gasteiger partial charge in [-0.3, -0.25) is 0 Å². The van der Waals surface area contributed by atoms with Crippen molar-refractivity contribution in [3.05, 3.63) is 228 Å². The predicted molar refractivity (Wildman–Crippen MR) is 241 cm³/mol. The number of aryl methyl sites for hydroxylation is 2. The number of anilines is 3. The summed E-state index contributed by atoms with van der Waals surface area (Å²) in [6.45, 7) is 4.25. The Labute approximate surface area is 329 Å². The first-order valence-corrected chi connectivity index (χ1v) is 19.2. The van der Waals surface area contributed by atoms with Gasteiger partial charge in [0.2, 0.25) is 0 Å². The van der Waals surface area contributed by atoms with Crippen LogP contribution in [0, 0.1) is 13.8 Å². The first kappa shape index (κ1) is 34.6. The average molecular weight is 719 g/mol.